The molecule has 0 radical (unpaired) electrons. The summed E-state index contributed by atoms with van der Waals surface area (Å²) in [5.74, 6) is -0.157. The van der Waals surface area contributed by atoms with E-state index in [4.69, 9.17) is 9.84 Å². The summed E-state index contributed by atoms with van der Waals surface area (Å²) in [5.41, 5.74) is 0. The lowest BCUT2D eigenvalue weighted by Crippen LogP contribution is -2.14. The molecule has 0 bridgehead atoms. The molecule has 4 heteroatoms. The average molecular weight is 240 g/mol. The first-order chi connectivity index (χ1) is 7.75. The summed E-state index contributed by atoms with van der Waals surface area (Å²) >= 11 is 1.23. The summed E-state index contributed by atoms with van der Waals surface area (Å²) in [6.07, 6.45) is 7.50. The van der Waals surface area contributed by atoms with Crippen molar-refractivity contribution in [3.8, 4) is 5.75 Å². The van der Waals surface area contributed by atoms with E-state index in [-0.39, 0.29) is 6.10 Å². The van der Waals surface area contributed by atoms with E-state index in [0.29, 0.717) is 10.6 Å². The first-order valence-corrected chi connectivity index (χ1v) is 6.62. The highest BCUT2D eigenvalue weighted by Gasteiger charge is 2.15. The van der Waals surface area contributed by atoms with Crippen molar-refractivity contribution in [1.29, 1.82) is 0 Å². The van der Waals surface area contributed by atoms with Gasteiger partial charge in [-0.3, -0.25) is 0 Å². The van der Waals surface area contributed by atoms with Gasteiger partial charge in [-0.1, -0.05) is 12.8 Å². The van der Waals surface area contributed by atoms with Gasteiger partial charge in [0.2, 0.25) is 0 Å². The van der Waals surface area contributed by atoms with Crippen LogP contribution in [0.1, 0.15) is 48.2 Å². The molecule has 0 unspecified atom stereocenters. The van der Waals surface area contributed by atoms with Gasteiger partial charge in [0.15, 0.2) is 0 Å². The molecule has 1 aliphatic carbocycles. The fourth-order valence-corrected chi connectivity index (χ4v) is 2.70. The Kier molecular flexibility index (Phi) is 3.83. The Balaban J connectivity index is 1.94. The third-order valence-corrected chi connectivity index (χ3v) is 3.79. The van der Waals surface area contributed by atoms with Gasteiger partial charge in [-0.2, -0.15) is 0 Å². The van der Waals surface area contributed by atoms with Crippen molar-refractivity contribution in [2.75, 3.05) is 0 Å². The SMILES string of the molecule is O=C(O)c1cc(OC2CCCCCC2)cs1. The van der Waals surface area contributed by atoms with Gasteiger partial charge in [-0.05, 0) is 25.7 Å². The van der Waals surface area contributed by atoms with Crippen LogP contribution >= 0.6 is 11.3 Å². The Bertz CT molecular complexity index is 351. The smallest absolute Gasteiger partial charge is 0.346 e. The van der Waals surface area contributed by atoms with Gasteiger partial charge in [0, 0.05) is 11.4 Å². The van der Waals surface area contributed by atoms with E-state index in [1.807, 2.05) is 0 Å². The Hall–Kier alpha value is -1.03. The van der Waals surface area contributed by atoms with Crippen LogP contribution in [0.4, 0.5) is 0 Å². The lowest BCUT2D eigenvalue weighted by Gasteiger charge is -2.15. The molecule has 1 N–H and O–H groups in total. The lowest BCUT2D eigenvalue weighted by atomic mass is 10.1. The number of aromatic carboxylic acids is 1. The third kappa shape index (κ3) is 2.98. The molecule has 1 aliphatic rings. The van der Waals surface area contributed by atoms with Gasteiger partial charge >= 0.3 is 5.97 Å². The van der Waals surface area contributed by atoms with E-state index in [0.717, 1.165) is 12.8 Å². The molecule has 0 aromatic carbocycles. The second-order valence-electron chi connectivity index (χ2n) is 4.18. The zero-order valence-corrected chi connectivity index (χ0v) is 9.96. The molecule has 0 saturated heterocycles. The summed E-state index contributed by atoms with van der Waals surface area (Å²) in [6, 6.07) is 1.62. The number of hydrogen-bond acceptors (Lipinski definition) is 3. The molecule has 0 amide bonds. The zero-order valence-electron chi connectivity index (χ0n) is 9.15. The topological polar surface area (TPSA) is 46.5 Å². The van der Waals surface area contributed by atoms with Gasteiger partial charge in [0.05, 0.1) is 6.10 Å². The molecule has 1 aromatic heterocycles. The van der Waals surface area contributed by atoms with Crippen molar-refractivity contribution in [2.24, 2.45) is 0 Å². The maximum absolute atomic E-state index is 10.7. The Morgan fingerprint density at radius 1 is 1.31 bits per heavy atom. The maximum Gasteiger partial charge on any atom is 0.346 e. The molecule has 1 fully saturated rings. The minimum atomic E-state index is -0.874. The number of carboxylic acid groups (broad SMARTS) is 1. The molecule has 2 rings (SSSR count). The van der Waals surface area contributed by atoms with Gasteiger partial charge in [0.1, 0.15) is 10.6 Å². The van der Waals surface area contributed by atoms with Crippen molar-refractivity contribution in [3.63, 3.8) is 0 Å². The highest BCUT2D eigenvalue weighted by molar-refractivity contribution is 7.12. The molecule has 3 nitrogen and oxygen atoms in total. The summed E-state index contributed by atoms with van der Waals surface area (Å²) in [6.45, 7) is 0. The minimum absolute atomic E-state index is 0.277. The first kappa shape index (κ1) is 11.5. The normalized spacial score (nSPS) is 18.0. The summed E-state index contributed by atoms with van der Waals surface area (Å²) in [4.78, 5) is 11.1. The zero-order chi connectivity index (χ0) is 11.4. The van der Waals surface area contributed by atoms with E-state index in [2.05, 4.69) is 0 Å². The molecule has 0 aliphatic heterocycles. The average Bonchev–Trinajstić information content (AvgIpc) is 2.56. The molecule has 1 aromatic rings. The maximum atomic E-state index is 10.7. The van der Waals surface area contributed by atoms with Crippen LogP contribution in [0.2, 0.25) is 0 Å². The van der Waals surface area contributed by atoms with Crippen LogP contribution in [0.25, 0.3) is 0 Å². The number of carbonyl (C=O) groups is 1. The van der Waals surface area contributed by atoms with E-state index in [1.165, 1.54) is 37.0 Å². The highest BCUT2D eigenvalue weighted by atomic mass is 32.1. The molecule has 0 spiro atoms. The molecule has 16 heavy (non-hydrogen) atoms. The molecular weight excluding hydrogens is 224 g/mol. The lowest BCUT2D eigenvalue weighted by molar-refractivity contribution is 0.0701. The Morgan fingerprint density at radius 2 is 2.00 bits per heavy atom. The number of ether oxygens (including phenoxy) is 1. The molecular formula is C12H16O3S. The van der Waals surface area contributed by atoms with Gasteiger partial charge in [0.25, 0.3) is 0 Å². The molecule has 1 heterocycles. The van der Waals surface area contributed by atoms with Crippen molar-refractivity contribution in [2.45, 2.75) is 44.6 Å². The predicted molar refractivity (Wildman–Crippen MR) is 63.4 cm³/mol. The molecule has 1 saturated carbocycles. The first-order valence-electron chi connectivity index (χ1n) is 5.74. The Morgan fingerprint density at radius 3 is 2.56 bits per heavy atom. The summed E-state index contributed by atoms with van der Waals surface area (Å²) in [5, 5.41) is 10.6. The number of thiophene rings is 1. The molecule has 0 atom stereocenters. The quantitative estimate of drug-likeness (QED) is 0.822. The van der Waals surface area contributed by atoms with E-state index >= 15 is 0 Å². The summed E-state index contributed by atoms with van der Waals surface area (Å²) in [7, 11) is 0. The predicted octanol–water partition coefficient (Wildman–Crippen LogP) is 3.55. The molecule has 88 valence electrons. The van der Waals surface area contributed by atoms with Crippen LogP contribution in [-0.4, -0.2) is 17.2 Å². The van der Waals surface area contributed by atoms with Gasteiger partial charge in [-0.25, -0.2) is 4.79 Å². The van der Waals surface area contributed by atoms with Crippen LogP contribution in [0.3, 0.4) is 0 Å². The Labute approximate surface area is 99.1 Å². The van der Waals surface area contributed by atoms with Crippen molar-refractivity contribution >= 4 is 17.3 Å². The van der Waals surface area contributed by atoms with Gasteiger partial charge < -0.3 is 9.84 Å². The monoisotopic (exact) mass is 240 g/mol. The third-order valence-electron chi connectivity index (χ3n) is 2.89. The fraction of sp³-hybridized carbons (Fsp3) is 0.583. The van der Waals surface area contributed by atoms with Crippen LogP contribution < -0.4 is 4.74 Å². The standard InChI is InChI=1S/C12H16O3S/c13-12(14)11-7-10(8-16-11)15-9-5-3-1-2-4-6-9/h7-9H,1-6H2,(H,13,14). The minimum Gasteiger partial charge on any atom is -0.490 e. The van der Waals surface area contributed by atoms with E-state index < -0.39 is 5.97 Å². The second-order valence-corrected chi connectivity index (χ2v) is 5.09. The largest absolute Gasteiger partial charge is 0.490 e. The van der Waals surface area contributed by atoms with Crippen molar-refractivity contribution in [1.82, 2.24) is 0 Å². The van der Waals surface area contributed by atoms with Crippen LogP contribution in [0.5, 0.6) is 5.75 Å². The van der Waals surface area contributed by atoms with Crippen molar-refractivity contribution < 1.29 is 14.6 Å². The second kappa shape index (κ2) is 5.34. The van der Waals surface area contributed by atoms with Crippen LogP contribution in [0, 0.1) is 0 Å². The fourth-order valence-electron chi connectivity index (χ4n) is 2.04. The number of carboxylic acids is 1. The van der Waals surface area contributed by atoms with Crippen molar-refractivity contribution in [3.05, 3.63) is 16.3 Å². The van der Waals surface area contributed by atoms with Crippen LogP contribution in [-0.2, 0) is 0 Å². The van der Waals surface area contributed by atoms with E-state index in [9.17, 15) is 4.79 Å². The summed E-state index contributed by atoms with van der Waals surface area (Å²) < 4.78 is 5.81. The van der Waals surface area contributed by atoms with E-state index in [1.54, 1.807) is 11.4 Å². The number of rotatable bonds is 3. The van der Waals surface area contributed by atoms with Gasteiger partial charge in [-0.15, -0.1) is 11.3 Å². The van der Waals surface area contributed by atoms with Crippen LogP contribution in [0.15, 0.2) is 11.4 Å². The number of hydrogen-bond donors (Lipinski definition) is 1. The highest BCUT2D eigenvalue weighted by Crippen LogP contribution is 2.26.